The van der Waals surface area contributed by atoms with Crippen LogP contribution in [0.2, 0.25) is 0 Å². The maximum Gasteiger partial charge on any atom is 0.349 e. The van der Waals surface area contributed by atoms with Gasteiger partial charge in [0.05, 0.1) is 32.6 Å². The SMILES string of the molecule is CCOC(=O)c1cnc(COCCOC)s1. The van der Waals surface area contributed by atoms with E-state index in [0.29, 0.717) is 31.3 Å². The fraction of sp³-hybridized carbons (Fsp3) is 0.600. The van der Waals surface area contributed by atoms with Crippen molar-refractivity contribution in [2.75, 3.05) is 26.9 Å². The Balaban J connectivity index is 2.36. The van der Waals surface area contributed by atoms with Crippen LogP contribution in [-0.2, 0) is 20.8 Å². The lowest BCUT2D eigenvalue weighted by Crippen LogP contribution is -2.02. The van der Waals surface area contributed by atoms with Gasteiger partial charge < -0.3 is 14.2 Å². The normalized spacial score (nSPS) is 10.4. The number of thiazole rings is 1. The van der Waals surface area contributed by atoms with Gasteiger partial charge in [0, 0.05) is 7.11 Å². The lowest BCUT2D eigenvalue weighted by molar-refractivity contribution is 0.0532. The van der Waals surface area contributed by atoms with Crippen molar-refractivity contribution in [2.24, 2.45) is 0 Å². The number of aromatic nitrogens is 1. The summed E-state index contributed by atoms with van der Waals surface area (Å²) in [6.45, 7) is 3.61. The van der Waals surface area contributed by atoms with Gasteiger partial charge in [0.15, 0.2) is 0 Å². The monoisotopic (exact) mass is 245 g/mol. The van der Waals surface area contributed by atoms with Gasteiger partial charge in [-0.15, -0.1) is 11.3 Å². The van der Waals surface area contributed by atoms with Crippen LogP contribution in [0.4, 0.5) is 0 Å². The predicted molar refractivity (Wildman–Crippen MR) is 59.6 cm³/mol. The molecule has 0 aliphatic heterocycles. The minimum Gasteiger partial charge on any atom is -0.462 e. The zero-order valence-corrected chi connectivity index (χ0v) is 10.2. The number of rotatable bonds is 7. The van der Waals surface area contributed by atoms with E-state index in [1.54, 1.807) is 14.0 Å². The van der Waals surface area contributed by atoms with Crippen molar-refractivity contribution in [2.45, 2.75) is 13.5 Å². The maximum absolute atomic E-state index is 11.3. The number of ether oxygens (including phenoxy) is 3. The fourth-order valence-corrected chi connectivity index (χ4v) is 1.72. The maximum atomic E-state index is 11.3. The van der Waals surface area contributed by atoms with Gasteiger partial charge in [-0.3, -0.25) is 0 Å². The zero-order chi connectivity index (χ0) is 11.8. The molecule has 1 heterocycles. The van der Waals surface area contributed by atoms with Crippen LogP contribution in [0.15, 0.2) is 6.20 Å². The van der Waals surface area contributed by atoms with Gasteiger partial charge in [-0.25, -0.2) is 9.78 Å². The van der Waals surface area contributed by atoms with Crippen molar-refractivity contribution >= 4 is 17.3 Å². The molecule has 0 unspecified atom stereocenters. The number of nitrogens with zero attached hydrogens (tertiary/aromatic N) is 1. The van der Waals surface area contributed by atoms with Crippen molar-refractivity contribution < 1.29 is 19.0 Å². The van der Waals surface area contributed by atoms with E-state index in [9.17, 15) is 4.79 Å². The van der Waals surface area contributed by atoms with Crippen LogP contribution in [-0.4, -0.2) is 37.9 Å². The van der Waals surface area contributed by atoms with E-state index in [4.69, 9.17) is 14.2 Å². The van der Waals surface area contributed by atoms with E-state index >= 15 is 0 Å². The van der Waals surface area contributed by atoms with E-state index in [2.05, 4.69) is 4.98 Å². The summed E-state index contributed by atoms with van der Waals surface area (Å²) in [5, 5.41) is 0.763. The first-order chi connectivity index (χ1) is 7.77. The second-order valence-corrected chi connectivity index (χ2v) is 4.00. The summed E-state index contributed by atoms with van der Waals surface area (Å²) < 4.78 is 15.0. The molecule has 16 heavy (non-hydrogen) atoms. The molecule has 0 atom stereocenters. The Morgan fingerprint density at radius 1 is 1.50 bits per heavy atom. The molecule has 0 amide bonds. The van der Waals surface area contributed by atoms with Gasteiger partial charge in [-0.2, -0.15) is 0 Å². The highest BCUT2D eigenvalue weighted by molar-refractivity contribution is 7.13. The van der Waals surface area contributed by atoms with Crippen LogP contribution in [0, 0.1) is 0 Å². The molecule has 0 aliphatic carbocycles. The van der Waals surface area contributed by atoms with Crippen molar-refractivity contribution in [3.63, 3.8) is 0 Å². The summed E-state index contributed by atoms with van der Waals surface area (Å²) in [6, 6.07) is 0. The third-order valence-corrected chi connectivity index (χ3v) is 2.64. The van der Waals surface area contributed by atoms with Gasteiger partial charge in [-0.1, -0.05) is 0 Å². The Bertz CT molecular complexity index is 326. The van der Waals surface area contributed by atoms with E-state index < -0.39 is 0 Å². The first-order valence-electron chi connectivity index (χ1n) is 4.96. The minimum absolute atomic E-state index is 0.330. The summed E-state index contributed by atoms with van der Waals surface area (Å²) in [7, 11) is 1.62. The van der Waals surface area contributed by atoms with E-state index in [0.717, 1.165) is 5.01 Å². The smallest absolute Gasteiger partial charge is 0.349 e. The first-order valence-corrected chi connectivity index (χ1v) is 5.78. The molecular formula is C10H15NO4S. The molecular weight excluding hydrogens is 230 g/mol. The second kappa shape index (κ2) is 7.32. The molecule has 0 fully saturated rings. The molecule has 1 rings (SSSR count). The summed E-state index contributed by atoms with van der Waals surface area (Å²) in [5.74, 6) is -0.330. The van der Waals surface area contributed by atoms with Gasteiger partial charge in [0.1, 0.15) is 9.88 Å². The van der Waals surface area contributed by atoms with Crippen LogP contribution in [0.3, 0.4) is 0 Å². The second-order valence-electron chi connectivity index (χ2n) is 2.88. The number of esters is 1. The summed E-state index contributed by atoms with van der Waals surface area (Å²) in [6.07, 6.45) is 1.51. The zero-order valence-electron chi connectivity index (χ0n) is 9.39. The van der Waals surface area contributed by atoms with E-state index in [-0.39, 0.29) is 5.97 Å². The highest BCUT2D eigenvalue weighted by atomic mass is 32.1. The van der Waals surface area contributed by atoms with Crippen LogP contribution in [0.1, 0.15) is 21.6 Å². The number of methoxy groups -OCH3 is 1. The summed E-state index contributed by atoms with van der Waals surface area (Å²) in [4.78, 5) is 15.9. The lowest BCUT2D eigenvalue weighted by Gasteiger charge is -1.99. The van der Waals surface area contributed by atoms with Crippen molar-refractivity contribution in [1.29, 1.82) is 0 Å². The molecule has 0 saturated carbocycles. The average molecular weight is 245 g/mol. The van der Waals surface area contributed by atoms with E-state index in [1.165, 1.54) is 17.5 Å². The largest absolute Gasteiger partial charge is 0.462 e. The third-order valence-electron chi connectivity index (χ3n) is 1.69. The van der Waals surface area contributed by atoms with Crippen LogP contribution >= 0.6 is 11.3 Å². The molecule has 90 valence electrons. The third kappa shape index (κ3) is 4.26. The first kappa shape index (κ1) is 13.1. The predicted octanol–water partition coefficient (Wildman–Crippen LogP) is 1.48. The highest BCUT2D eigenvalue weighted by Crippen LogP contribution is 2.14. The number of carbonyl (C=O) groups is 1. The molecule has 1 aromatic rings. The van der Waals surface area contributed by atoms with Crippen molar-refractivity contribution in [3.8, 4) is 0 Å². The summed E-state index contributed by atoms with van der Waals surface area (Å²) in [5.41, 5.74) is 0. The summed E-state index contributed by atoms with van der Waals surface area (Å²) >= 11 is 1.29. The average Bonchev–Trinajstić information content (AvgIpc) is 2.73. The van der Waals surface area contributed by atoms with Crippen molar-refractivity contribution in [1.82, 2.24) is 4.98 Å². The molecule has 5 nitrogen and oxygen atoms in total. The molecule has 0 radical (unpaired) electrons. The fourth-order valence-electron chi connectivity index (χ4n) is 0.975. The van der Waals surface area contributed by atoms with Gasteiger partial charge >= 0.3 is 5.97 Å². The number of hydrogen-bond acceptors (Lipinski definition) is 6. The minimum atomic E-state index is -0.330. The number of hydrogen-bond donors (Lipinski definition) is 0. The Kier molecular flexibility index (Phi) is 5.99. The molecule has 0 N–H and O–H groups in total. The Labute approximate surface area is 98.3 Å². The van der Waals surface area contributed by atoms with Crippen LogP contribution in [0.25, 0.3) is 0 Å². The molecule has 1 aromatic heterocycles. The molecule has 0 spiro atoms. The Morgan fingerprint density at radius 2 is 2.31 bits per heavy atom. The topological polar surface area (TPSA) is 57.7 Å². The Hall–Kier alpha value is -0.980. The molecule has 0 aliphatic rings. The van der Waals surface area contributed by atoms with Gasteiger partial charge in [-0.05, 0) is 6.92 Å². The van der Waals surface area contributed by atoms with Crippen molar-refractivity contribution in [3.05, 3.63) is 16.1 Å². The lowest BCUT2D eigenvalue weighted by atomic mass is 10.5. The molecule has 0 bridgehead atoms. The van der Waals surface area contributed by atoms with Gasteiger partial charge in [0.25, 0.3) is 0 Å². The standard InChI is InChI=1S/C10H15NO4S/c1-3-15-10(12)8-6-11-9(16-8)7-14-5-4-13-2/h6H,3-5,7H2,1-2H3. The van der Waals surface area contributed by atoms with Crippen LogP contribution < -0.4 is 0 Å². The molecule has 0 saturated heterocycles. The number of carbonyl (C=O) groups excluding carboxylic acids is 1. The highest BCUT2D eigenvalue weighted by Gasteiger charge is 2.10. The molecule has 6 heteroatoms. The Morgan fingerprint density at radius 3 is 3.00 bits per heavy atom. The molecule has 0 aromatic carbocycles. The van der Waals surface area contributed by atoms with Crippen LogP contribution in [0.5, 0.6) is 0 Å². The quantitative estimate of drug-likeness (QED) is 0.538. The van der Waals surface area contributed by atoms with E-state index in [1.807, 2.05) is 0 Å². The van der Waals surface area contributed by atoms with Gasteiger partial charge in [0.2, 0.25) is 0 Å².